The van der Waals surface area contributed by atoms with Crippen molar-refractivity contribution >= 4 is 0 Å². The molecular weight excluding hydrogens is 239 g/mol. The van der Waals surface area contributed by atoms with Crippen LogP contribution in [0.2, 0.25) is 0 Å². The predicted octanol–water partition coefficient (Wildman–Crippen LogP) is 3.04. The second kappa shape index (κ2) is 6.49. The van der Waals surface area contributed by atoms with Crippen LogP contribution in [-0.2, 0) is 6.54 Å². The molecule has 0 amide bonds. The van der Waals surface area contributed by atoms with Crippen LogP contribution in [0.5, 0.6) is 0 Å². The van der Waals surface area contributed by atoms with Crippen LogP contribution in [0.15, 0.2) is 24.3 Å². The molecule has 106 valence electrons. The Morgan fingerprint density at radius 3 is 2.79 bits per heavy atom. The first-order valence-corrected chi connectivity index (χ1v) is 7.28. The quantitative estimate of drug-likeness (QED) is 0.849. The number of nitrogens with one attached hydrogen (secondary N) is 1. The highest BCUT2D eigenvalue weighted by molar-refractivity contribution is 5.17. The van der Waals surface area contributed by atoms with Crippen LogP contribution in [0.25, 0.3) is 0 Å². The molecule has 0 radical (unpaired) electrons. The van der Waals surface area contributed by atoms with E-state index in [1.165, 1.54) is 19.3 Å². The summed E-state index contributed by atoms with van der Waals surface area (Å²) in [6, 6.07) is 7.08. The fourth-order valence-corrected chi connectivity index (χ4v) is 3.30. The van der Waals surface area contributed by atoms with Gasteiger partial charge in [0.25, 0.3) is 0 Å². The zero-order chi connectivity index (χ0) is 13.7. The van der Waals surface area contributed by atoms with E-state index in [-0.39, 0.29) is 5.82 Å². The highest BCUT2D eigenvalue weighted by Crippen LogP contribution is 2.32. The molecule has 1 aromatic rings. The minimum absolute atomic E-state index is 0.0940. The van der Waals surface area contributed by atoms with Crippen LogP contribution in [0.3, 0.4) is 0 Å². The minimum atomic E-state index is -0.0940. The normalized spacial score (nSPS) is 23.2. The molecule has 3 heteroatoms. The van der Waals surface area contributed by atoms with E-state index in [4.69, 9.17) is 0 Å². The molecule has 0 saturated carbocycles. The van der Waals surface area contributed by atoms with Gasteiger partial charge in [0.2, 0.25) is 0 Å². The summed E-state index contributed by atoms with van der Waals surface area (Å²) in [5.41, 5.74) is 1.18. The zero-order valence-corrected chi connectivity index (χ0v) is 12.1. The van der Waals surface area contributed by atoms with Gasteiger partial charge in [0, 0.05) is 25.2 Å². The van der Waals surface area contributed by atoms with E-state index in [1.807, 2.05) is 12.1 Å². The lowest BCUT2D eigenvalue weighted by atomic mass is 9.82. The molecule has 1 aliphatic rings. The van der Waals surface area contributed by atoms with Crippen molar-refractivity contribution in [2.75, 3.05) is 26.7 Å². The second-order valence-corrected chi connectivity index (χ2v) is 5.94. The Hall–Kier alpha value is -0.930. The van der Waals surface area contributed by atoms with Crippen molar-refractivity contribution in [3.63, 3.8) is 0 Å². The van der Waals surface area contributed by atoms with E-state index >= 15 is 0 Å². The van der Waals surface area contributed by atoms with Crippen LogP contribution in [0.4, 0.5) is 4.39 Å². The average molecular weight is 264 g/mol. The Bertz CT molecular complexity index is 399. The monoisotopic (exact) mass is 264 g/mol. The Morgan fingerprint density at radius 1 is 1.37 bits per heavy atom. The lowest BCUT2D eigenvalue weighted by molar-refractivity contribution is 0.171. The third kappa shape index (κ3) is 3.77. The van der Waals surface area contributed by atoms with Gasteiger partial charge in [-0.05, 0) is 37.9 Å². The second-order valence-electron chi connectivity index (χ2n) is 5.94. The summed E-state index contributed by atoms with van der Waals surface area (Å²) in [4.78, 5) is 2.26. The number of hydrogen-bond acceptors (Lipinski definition) is 2. The van der Waals surface area contributed by atoms with E-state index in [0.29, 0.717) is 12.0 Å². The van der Waals surface area contributed by atoms with E-state index in [2.05, 4.69) is 24.2 Å². The molecular formula is C16H25FN2. The standard InChI is InChI=1S/C16H25FN2/c1-3-8-16(9-10-18-12-16)13-19(2)11-14-6-4-5-7-15(14)17/h4-7,18H,3,8-13H2,1-2H3. The first kappa shape index (κ1) is 14.5. The predicted molar refractivity (Wildman–Crippen MR) is 77.6 cm³/mol. The molecule has 1 atom stereocenters. The van der Waals surface area contributed by atoms with E-state index < -0.39 is 0 Å². The number of nitrogens with zero attached hydrogens (tertiary/aromatic N) is 1. The van der Waals surface area contributed by atoms with Crippen molar-refractivity contribution in [1.82, 2.24) is 10.2 Å². The maximum Gasteiger partial charge on any atom is 0.127 e. The highest BCUT2D eigenvalue weighted by atomic mass is 19.1. The molecule has 1 aliphatic heterocycles. The first-order valence-electron chi connectivity index (χ1n) is 7.28. The van der Waals surface area contributed by atoms with E-state index in [0.717, 1.165) is 25.2 Å². The number of hydrogen-bond donors (Lipinski definition) is 1. The molecule has 1 N–H and O–H groups in total. The molecule has 1 fully saturated rings. The highest BCUT2D eigenvalue weighted by Gasteiger charge is 2.33. The van der Waals surface area contributed by atoms with Gasteiger partial charge < -0.3 is 10.2 Å². The molecule has 1 saturated heterocycles. The maximum absolute atomic E-state index is 13.7. The summed E-state index contributed by atoms with van der Waals surface area (Å²) in [6.45, 7) is 6.20. The molecule has 0 bridgehead atoms. The summed E-state index contributed by atoms with van der Waals surface area (Å²) in [7, 11) is 2.10. The third-order valence-corrected chi connectivity index (χ3v) is 4.12. The minimum Gasteiger partial charge on any atom is -0.316 e. The van der Waals surface area contributed by atoms with Gasteiger partial charge in [0.1, 0.15) is 5.82 Å². The molecule has 1 heterocycles. The van der Waals surface area contributed by atoms with Crippen molar-refractivity contribution in [3.8, 4) is 0 Å². The fraction of sp³-hybridized carbons (Fsp3) is 0.625. The Morgan fingerprint density at radius 2 is 2.16 bits per heavy atom. The number of halogens is 1. The lowest BCUT2D eigenvalue weighted by Gasteiger charge is -2.33. The molecule has 1 aromatic carbocycles. The van der Waals surface area contributed by atoms with Crippen LogP contribution < -0.4 is 5.32 Å². The van der Waals surface area contributed by atoms with Crippen molar-refractivity contribution < 1.29 is 4.39 Å². The van der Waals surface area contributed by atoms with Gasteiger partial charge in [-0.3, -0.25) is 0 Å². The van der Waals surface area contributed by atoms with Gasteiger partial charge in [0.05, 0.1) is 0 Å². The molecule has 19 heavy (non-hydrogen) atoms. The van der Waals surface area contributed by atoms with Gasteiger partial charge >= 0.3 is 0 Å². The van der Waals surface area contributed by atoms with Gasteiger partial charge in [-0.1, -0.05) is 31.5 Å². The van der Waals surface area contributed by atoms with Crippen molar-refractivity contribution in [3.05, 3.63) is 35.6 Å². The molecule has 1 unspecified atom stereocenters. The number of rotatable bonds is 6. The SMILES string of the molecule is CCCC1(CN(C)Cc2ccccc2F)CCNC1. The Balaban J connectivity index is 1.96. The number of benzene rings is 1. The van der Waals surface area contributed by atoms with Gasteiger partial charge in [-0.2, -0.15) is 0 Å². The van der Waals surface area contributed by atoms with E-state index in [9.17, 15) is 4.39 Å². The molecule has 0 aliphatic carbocycles. The first-order chi connectivity index (χ1) is 9.15. The topological polar surface area (TPSA) is 15.3 Å². The Kier molecular flexibility index (Phi) is 4.94. The fourth-order valence-electron chi connectivity index (χ4n) is 3.30. The van der Waals surface area contributed by atoms with Gasteiger partial charge in [-0.25, -0.2) is 4.39 Å². The van der Waals surface area contributed by atoms with Crippen molar-refractivity contribution in [2.45, 2.75) is 32.7 Å². The summed E-state index contributed by atoms with van der Waals surface area (Å²) in [5, 5.41) is 3.48. The maximum atomic E-state index is 13.7. The van der Waals surface area contributed by atoms with Crippen LogP contribution in [-0.4, -0.2) is 31.6 Å². The third-order valence-electron chi connectivity index (χ3n) is 4.12. The van der Waals surface area contributed by atoms with Crippen molar-refractivity contribution in [2.24, 2.45) is 5.41 Å². The van der Waals surface area contributed by atoms with Gasteiger partial charge in [0.15, 0.2) is 0 Å². The Labute approximate surface area is 116 Å². The molecule has 0 aromatic heterocycles. The van der Waals surface area contributed by atoms with E-state index in [1.54, 1.807) is 12.1 Å². The van der Waals surface area contributed by atoms with Gasteiger partial charge in [-0.15, -0.1) is 0 Å². The summed E-state index contributed by atoms with van der Waals surface area (Å²) < 4.78 is 13.7. The largest absolute Gasteiger partial charge is 0.316 e. The van der Waals surface area contributed by atoms with Crippen LogP contribution in [0, 0.1) is 11.2 Å². The van der Waals surface area contributed by atoms with Crippen molar-refractivity contribution in [1.29, 1.82) is 0 Å². The summed E-state index contributed by atoms with van der Waals surface area (Å²) >= 11 is 0. The molecule has 0 spiro atoms. The molecule has 2 nitrogen and oxygen atoms in total. The summed E-state index contributed by atoms with van der Waals surface area (Å²) in [6.07, 6.45) is 3.71. The molecule has 2 rings (SSSR count). The summed E-state index contributed by atoms with van der Waals surface area (Å²) in [5.74, 6) is -0.0940. The van der Waals surface area contributed by atoms with Crippen LogP contribution in [0.1, 0.15) is 31.7 Å². The average Bonchev–Trinajstić information content (AvgIpc) is 2.81. The van der Waals surface area contributed by atoms with Crippen LogP contribution >= 0.6 is 0 Å². The lowest BCUT2D eigenvalue weighted by Crippen LogP contribution is -2.37. The smallest absolute Gasteiger partial charge is 0.127 e. The zero-order valence-electron chi connectivity index (χ0n) is 12.1.